The molecule has 6 nitrogen and oxygen atoms in total. The van der Waals surface area contributed by atoms with Crippen LogP contribution in [0.5, 0.6) is 11.5 Å². The average molecular weight is 385 g/mol. The number of fused-ring (bicyclic) bond motifs is 1. The van der Waals surface area contributed by atoms with Gasteiger partial charge in [0.25, 0.3) is 11.8 Å². The zero-order chi connectivity index (χ0) is 19.2. The maximum absolute atomic E-state index is 12.7. The molecule has 1 heterocycles. The van der Waals surface area contributed by atoms with Gasteiger partial charge in [-0.15, -0.1) is 6.42 Å². The Balaban J connectivity index is 1.84. The molecule has 3 rings (SSSR count). The number of para-hydroxylation sites is 1. The van der Waals surface area contributed by atoms with Crippen molar-refractivity contribution in [3.63, 3.8) is 0 Å². The highest BCUT2D eigenvalue weighted by atomic mass is 35.5. The summed E-state index contributed by atoms with van der Waals surface area (Å²) >= 11 is 6.24. The summed E-state index contributed by atoms with van der Waals surface area (Å²) in [6.07, 6.45) is 5.89. The van der Waals surface area contributed by atoms with Crippen molar-refractivity contribution < 1.29 is 19.1 Å². The Morgan fingerprint density at radius 1 is 1.15 bits per heavy atom. The first-order chi connectivity index (χ1) is 13.1. The quantitative estimate of drug-likeness (QED) is 0.794. The van der Waals surface area contributed by atoms with E-state index < -0.39 is 5.91 Å². The third-order valence-electron chi connectivity index (χ3n) is 3.84. The molecule has 138 valence electrons. The van der Waals surface area contributed by atoms with E-state index in [0.717, 1.165) is 6.42 Å². The maximum atomic E-state index is 12.7. The highest BCUT2D eigenvalue weighted by Crippen LogP contribution is 2.38. The zero-order valence-corrected chi connectivity index (χ0v) is 15.1. The summed E-state index contributed by atoms with van der Waals surface area (Å²) in [7, 11) is 0. The van der Waals surface area contributed by atoms with Crippen molar-refractivity contribution in [1.82, 2.24) is 5.32 Å². The molecule has 2 amide bonds. The van der Waals surface area contributed by atoms with E-state index >= 15 is 0 Å². The summed E-state index contributed by atoms with van der Waals surface area (Å²) in [5.74, 6) is 2.39. The molecule has 0 unspecified atom stereocenters. The number of terminal acetylenes is 1. The summed E-state index contributed by atoms with van der Waals surface area (Å²) in [6.45, 7) is 1.07. The smallest absolute Gasteiger partial charge is 0.255 e. The fraction of sp³-hybridized carbons (Fsp3) is 0.200. The number of ether oxygens (including phenoxy) is 2. The lowest BCUT2D eigenvalue weighted by molar-refractivity contribution is 0.0959. The Hall–Kier alpha value is -3.17. The van der Waals surface area contributed by atoms with E-state index in [9.17, 15) is 9.59 Å². The Bertz CT molecular complexity index is 921. The van der Waals surface area contributed by atoms with Crippen LogP contribution in [-0.2, 0) is 0 Å². The van der Waals surface area contributed by atoms with E-state index in [-0.39, 0.29) is 12.5 Å². The van der Waals surface area contributed by atoms with Crippen LogP contribution < -0.4 is 20.1 Å². The van der Waals surface area contributed by atoms with E-state index in [4.69, 9.17) is 27.5 Å². The van der Waals surface area contributed by atoms with Crippen molar-refractivity contribution in [3.8, 4) is 23.8 Å². The third kappa shape index (κ3) is 4.33. The van der Waals surface area contributed by atoms with Crippen molar-refractivity contribution in [2.75, 3.05) is 25.1 Å². The van der Waals surface area contributed by atoms with Gasteiger partial charge in [0.1, 0.15) is 0 Å². The van der Waals surface area contributed by atoms with Crippen LogP contribution in [0.1, 0.15) is 27.1 Å². The average Bonchev–Trinajstić information content (AvgIpc) is 2.92. The van der Waals surface area contributed by atoms with E-state index in [1.54, 1.807) is 30.3 Å². The molecule has 1 aliphatic heterocycles. The number of benzene rings is 2. The normalized spacial score (nSPS) is 12.4. The minimum absolute atomic E-state index is 0.0961. The Kier molecular flexibility index (Phi) is 5.84. The van der Waals surface area contributed by atoms with Crippen molar-refractivity contribution in [3.05, 3.63) is 52.5 Å². The van der Waals surface area contributed by atoms with Crippen LogP contribution in [0.3, 0.4) is 0 Å². The molecule has 2 aromatic carbocycles. The lowest BCUT2D eigenvalue weighted by atomic mass is 10.1. The van der Waals surface area contributed by atoms with Crippen LogP contribution in [0, 0.1) is 12.3 Å². The zero-order valence-electron chi connectivity index (χ0n) is 14.4. The van der Waals surface area contributed by atoms with Crippen molar-refractivity contribution in [2.24, 2.45) is 0 Å². The standard InChI is InChI=1S/C20H17ClN2O4/c1-2-8-22-20(25)14-6-3-4-7-16(14)23-19(24)13-11-15(21)18-17(12-13)26-9-5-10-27-18/h1,3-4,6-7,11-12H,5,8-10H2,(H,22,25)(H,23,24). The SMILES string of the molecule is C#CCNC(=O)c1ccccc1NC(=O)c1cc(Cl)c2c(c1)OCCCO2. The number of hydrogen-bond donors (Lipinski definition) is 2. The monoisotopic (exact) mass is 384 g/mol. The van der Waals surface area contributed by atoms with Crippen LogP contribution in [0.25, 0.3) is 0 Å². The van der Waals surface area contributed by atoms with Gasteiger partial charge in [0.15, 0.2) is 11.5 Å². The van der Waals surface area contributed by atoms with Gasteiger partial charge in [0, 0.05) is 12.0 Å². The second-order valence-electron chi connectivity index (χ2n) is 5.72. The Morgan fingerprint density at radius 2 is 1.93 bits per heavy atom. The van der Waals surface area contributed by atoms with Crippen molar-refractivity contribution >= 4 is 29.1 Å². The number of amides is 2. The predicted octanol–water partition coefficient (Wildman–Crippen LogP) is 3.12. The number of rotatable bonds is 4. The fourth-order valence-corrected chi connectivity index (χ4v) is 2.84. The van der Waals surface area contributed by atoms with Crippen LogP contribution in [0.15, 0.2) is 36.4 Å². The molecule has 0 saturated carbocycles. The van der Waals surface area contributed by atoms with Gasteiger partial charge in [0.2, 0.25) is 0 Å². The van der Waals surface area contributed by atoms with Crippen molar-refractivity contribution in [2.45, 2.75) is 6.42 Å². The van der Waals surface area contributed by atoms with Crippen LogP contribution >= 0.6 is 11.6 Å². The molecule has 0 spiro atoms. The molecule has 0 aliphatic carbocycles. The molecule has 0 saturated heterocycles. The molecular formula is C20H17ClN2O4. The second-order valence-corrected chi connectivity index (χ2v) is 6.13. The summed E-state index contributed by atoms with van der Waals surface area (Å²) < 4.78 is 11.2. The molecule has 2 aromatic rings. The number of carbonyl (C=O) groups excluding carboxylic acids is 2. The first kappa shape index (κ1) is 18.6. The molecule has 2 N–H and O–H groups in total. The van der Waals surface area contributed by atoms with Gasteiger partial charge >= 0.3 is 0 Å². The first-order valence-electron chi connectivity index (χ1n) is 8.31. The number of carbonyl (C=O) groups is 2. The molecule has 7 heteroatoms. The Morgan fingerprint density at radius 3 is 2.74 bits per heavy atom. The molecular weight excluding hydrogens is 368 g/mol. The van der Waals surface area contributed by atoms with E-state index in [1.807, 2.05) is 0 Å². The van der Waals surface area contributed by atoms with Gasteiger partial charge in [-0.25, -0.2) is 0 Å². The summed E-state index contributed by atoms with van der Waals surface area (Å²) in [5, 5.41) is 5.59. The highest BCUT2D eigenvalue weighted by Gasteiger charge is 2.20. The largest absolute Gasteiger partial charge is 0.489 e. The van der Waals surface area contributed by atoms with Crippen LogP contribution in [0.2, 0.25) is 5.02 Å². The van der Waals surface area contributed by atoms with Crippen molar-refractivity contribution in [1.29, 1.82) is 0 Å². The second kappa shape index (κ2) is 8.47. The Labute approximate surface area is 161 Å². The van der Waals surface area contributed by atoms with Gasteiger partial charge in [-0.2, -0.15) is 0 Å². The number of anilines is 1. The van der Waals surface area contributed by atoms with Gasteiger partial charge < -0.3 is 20.1 Å². The molecule has 27 heavy (non-hydrogen) atoms. The topological polar surface area (TPSA) is 76.7 Å². The van der Waals surface area contributed by atoms with E-state index in [2.05, 4.69) is 16.6 Å². The molecule has 0 atom stereocenters. The van der Waals surface area contributed by atoms with Gasteiger partial charge in [-0.3, -0.25) is 9.59 Å². The minimum atomic E-state index is -0.426. The van der Waals surface area contributed by atoms with E-state index in [1.165, 1.54) is 6.07 Å². The first-order valence-corrected chi connectivity index (χ1v) is 8.69. The maximum Gasteiger partial charge on any atom is 0.255 e. The summed E-state index contributed by atoms with van der Waals surface area (Å²) in [4.78, 5) is 24.9. The predicted molar refractivity (Wildman–Crippen MR) is 103 cm³/mol. The molecule has 0 aromatic heterocycles. The van der Waals surface area contributed by atoms with Crippen LogP contribution in [0.4, 0.5) is 5.69 Å². The minimum Gasteiger partial charge on any atom is -0.489 e. The summed E-state index contributed by atoms with van der Waals surface area (Å²) in [5.41, 5.74) is 0.963. The lowest BCUT2D eigenvalue weighted by Gasteiger charge is -2.13. The number of halogens is 1. The number of hydrogen-bond acceptors (Lipinski definition) is 4. The van der Waals surface area contributed by atoms with E-state index in [0.29, 0.717) is 46.5 Å². The van der Waals surface area contributed by atoms with Crippen LogP contribution in [-0.4, -0.2) is 31.6 Å². The fourth-order valence-electron chi connectivity index (χ4n) is 2.57. The molecule has 1 aliphatic rings. The van der Waals surface area contributed by atoms with Gasteiger partial charge in [-0.1, -0.05) is 29.7 Å². The highest BCUT2D eigenvalue weighted by molar-refractivity contribution is 6.32. The third-order valence-corrected chi connectivity index (χ3v) is 4.12. The van der Waals surface area contributed by atoms with Gasteiger partial charge in [0.05, 0.1) is 36.0 Å². The lowest BCUT2D eigenvalue weighted by Crippen LogP contribution is -2.25. The molecule has 0 radical (unpaired) electrons. The summed E-state index contributed by atoms with van der Waals surface area (Å²) in [6, 6.07) is 9.73. The molecule has 0 fully saturated rings. The molecule has 0 bridgehead atoms. The van der Waals surface area contributed by atoms with Gasteiger partial charge in [-0.05, 0) is 24.3 Å². The number of nitrogens with one attached hydrogen (secondary N) is 2.